The topological polar surface area (TPSA) is 66.8 Å². The Labute approximate surface area is 106 Å². The van der Waals surface area contributed by atoms with Crippen molar-refractivity contribution in [2.24, 2.45) is 0 Å². The van der Waals surface area contributed by atoms with E-state index >= 15 is 0 Å². The molecule has 1 saturated heterocycles. The van der Waals surface area contributed by atoms with E-state index in [4.69, 9.17) is 6.17 Å². The predicted octanol–water partition coefficient (Wildman–Crippen LogP) is 0.435. The Kier molecular flexibility index (Phi) is 3.23. The molecule has 2 atom stereocenters. The summed E-state index contributed by atoms with van der Waals surface area (Å²) in [5.74, 6) is -0.737. The van der Waals surface area contributed by atoms with Crippen molar-refractivity contribution in [1.29, 1.82) is 1.43 Å². The maximum atomic E-state index is 12.3. The number of methoxy groups -OCH3 is 1. The van der Waals surface area contributed by atoms with E-state index in [0.717, 1.165) is 0 Å². The van der Waals surface area contributed by atoms with Crippen LogP contribution in [0.5, 0.6) is 0 Å². The van der Waals surface area contributed by atoms with Crippen LogP contribution in [0.4, 0.5) is 0 Å². The molecule has 1 aromatic rings. The highest BCUT2D eigenvalue weighted by atomic mass is 16.5. The fourth-order valence-electron chi connectivity index (χ4n) is 2.13. The molecule has 1 fully saturated rings. The van der Waals surface area contributed by atoms with Crippen molar-refractivity contribution in [2.45, 2.75) is 18.6 Å². The van der Waals surface area contributed by atoms with E-state index in [2.05, 4.69) is 5.11 Å². The van der Waals surface area contributed by atoms with Gasteiger partial charge >= 0.3 is 5.97 Å². The highest BCUT2D eigenvalue weighted by Crippen LogP contribution is 2.21. The monoisotopic (exact) mass is 250 g/mol. The Balaban J connectivity index is 2.21. The van der Waals surface area contributed by atoms with Gasteiger partial charge in [-0.2, -0.15) is 0 Å². The first-order valence-electron chi connectivity index (χ1n) is 6.14. The molecule has 5 heteroatoms. The maximum Gasteiger partial charge on any atom is 0.328 e. The molecule has 0 spiro atoms. The van der Waals surface area contributed by atoms with Gasteiger partial charge in [-0.05, 0) is 12.1 Å². The Morgan fingerprint density at radius 3 is 2.78 bits per heavy atom. The van der Waals surface area contributed by atoms with E-state index < -0.39 is 18.1 Å². The Bertz CT molecular complexity index is 465. The molecule has 1 aliphatic rings. The molecule has 1 aliphatic heterocycles. The first-order valence-corrected chi connectivity index (χ1v) is 5.73. The van der Waals surface area contributed by atoms with Gasteiger partial charge in [0.05, 0.1) is 13.2 Å². The molecule has 0 aliphatic carbocycles. The van der Waals surface area contributed by atoms with E-state index in [9.17, 15) is 9.59 Å². The van der Waals surface area contributed by atoms with E-state index in [0.29, 0.717) is 5.56 Å². The zero-order valence-corrected chi connectivity index (χ0v) is 10.0. The van der Waals surface area contributed by atoms with Gasteiger partial charge < -0.3 is 14.7 Å². The third kappa shape index (κ3) is 2.36. The SMILES string of the molecule is [2H]O[C@H]1C[C@@H](C(=O)OC)N(C(=O)c2ccccc2)C1. The van der Waals surface area contributed by atoms with Crippen molar-refractivity contribution in [3.8, 4) is 0 Å². The molecular formula is C13H15NO4. The number of hydrogen-bond acceptors (Lipinski definition) is 4. The number of aliphatic hydroxyl groups excluding tert-OH is 1. The highest BCUT2D eigenvalue weighted by molar-refractivity contribution is 5.97. The molecule has 1 amide bonds. The smallest absolute Gasteiger partial charge is 0.328 e. The third-order valence-electron chi connectivity index (χ3n) is 3.02. The van der Waals surface area contributed by atoms with Gasteiger partial charge in [0, 0.05) is 18.5 Å². The molecule has 96 valence electrons. The minimum atomic E-state index is -0.687. The van der Waals surface area contributed by atoms with Crippen molar-refractivity contribution in [3.63, 3.8) is 0 Å². The van der Waals surface area contributed by atoms with Crippen LogP contribution in [-0.2, 0) is 9.53 Å². The van der Waals surface area contributed by atoms with Crippen LogP contribution in [0.25, 0.3) is 0 Å². The number of ether oxygens (including phenoxy) is 1. The lowest BCUT2D eigenvalue weighted by atomic mass is 10.1. The first-order chi connectivity index (χ1) is 9.17. The van der Waals surface area contributed by atoms with Gasteiger partial charge in [-0.25, -0.2) is 4.79 Å². The summed E-state index contributed by atoms with van der Waals surface area (Å²) in [5, 5.41) is 4.50. The normalized spacial score (nSPS) is 23.6. The average Bonchev–Trinajstić information content (AvgIpc) is 2.90. The quantitative estimate of drug-likeness (QED) is 0.790. The van der Waals surface area contributed by atoms with Gasteiger partial charge in [0.25, 0.3) is 5.91 Å². The summed E-state index contributed by atoms with van der Waals surface area (Å²) >= 11 is 0. The molecule has 0 radical (unpaired) electrons. The van der Waals surface area contributed by atoms with E-state index in [1.165, 1.54) is 12.0 Å². The zero-order chi connectivity index (χ0) is 13.8. The van der Waals surface area contributed by atoms with E-state index in [1.807, 2.05) is 6.07 Å². The number of amides is 1. The van der Waals surface area contributed by atoms with Crippen LogP contribution in [0, 0.1) is 0 Å². The van der Waals surface area contributed by atoms with Crippen LogP contribution in [0.3, 0.4) is 0 Å². The molecule has 1 aromatic carbocycles. The van der Waals surface area contributed by atoms with Crippen LogP contribution >= 0.6 is 0 Å². The van der Waals surface area contributed by atoms with Gasteiger partial charge in [0.1, 0.15) is 6.04 Å². The molecule has 0 aromatic heterocycles. The van der Waals surface area contributed by atoms with E-state index in [-0.39, 0.29) is 18.9 Å². The second kappa shape index (κ2) is 5.18. The Hall–Kier alpha value is -1.88. The zero-order valence-electron chi connectivity index (χ0n) is 11.0. The summed E-state index contributed by atoms with van der Waals surface area (Å²) in [6, 6.07) is 8.02. The summed E-state index contributed by atoms with van der Waals surface area (Å²) in [5.41, 5.74) is 0.502. The van der Waals surface area contributed by atoms with E-state index in [1.54, 1.807) is 24.3 Å². The minimum Gasteiger partial charge on any atom is -0.467 e. The maximum absolute atomic E-state index is 12.3. The summed E-state index contributed by atoms with van der Waals surface area (Å²) in [7, 11) is 1.28. The molecule has 1 N–H and O–H groups in total. The molecule has 0 saturated carbocycles. The molecule has 5 nitrogen and oxygen atoms in total. The Morgan fingerprint density at radius 2 is 2.17 bits per heavy atom. The van der Waals surface area contributed by atoms with Gasteiger partial charge in [0.2, 0.25) is 1.43 Å². The lowest BCUT2D eigenvalue weighted by Crippen LogP contribution is -2.41. The largest absolute Gasteiger partial charge is 0.467 e. The van der Waals surface area contributed by atoms with Crippen LogP contribution in [0.2, 0.25) is 0 Å². The summed E-state index contributed by atoms with van der Waals surface area (Å²) in [4.78, 5) is 25.4. The number of likely N-dealkylation sites (tertiary alicyclic amines) is 1. The third-order valence-corrected chi connectivity index (χ3v) is 3.02. The van der Waals surface area contributed by atoms with Crippen LogP contribution in [0.1, 0.15) is 16.8 Å². The summed E-state index contributed by atoms with van der Waals surface area (Å²) in [6.07, 6.45) is -0.175. The number of β-amino-alcohol motifs (C(OH)–C–C–N with tert-alkyl or cyclic N) is 1. The second-order valence-electron chi connectivity index (χ2n) is 4.22. The lowest BCUT2D eigenvalue weighted by molar-refractivity contribution is -0.145. The standard InChI is InChI=1S/C13H15NO4/c1-18-13(17)11-7-10(15)8-14(11)12(16)9-5-3-2-4-6-9/h2-6,10-11,15H,7-8H2,1H3/t10-,11-/m0/s1/i15D. The fraction of sp³-hybridized carbons (Fsp3) is 0.385. The number of aliphatic hydroxyl groups is 1. The highest BCUT2D eigenvalue weighted by Gasteiger charge is 2.39. The number of nitrogens with zero attached hydrogens (tertiary/aromatic N) is 1. The lowest BCUT2D eigenvalue weighted by Gasteiger charge is -2.22. The number of carbonyl (C=O) groups excluding carboxylic acids is 2. The number of carbonyl (C=O) groups is 2. The minimum absolute atomic E-state index is 0.219. The van der Waals surface area contributed by atoms with Gasteiger partial charge in [-0.15, -0.1) is 0 Å². The van der Waals surface area contributed by atoms with Crippen LogP contribution in [0.15, 0.2) is 30.3 Å². The molecule has 18 heavy (non-hydrogen) atoms. The molecular weight excluding hydrogens is 234 g/mol. The van der Waals surface area contributed by atoms with Crippen LogP contribution in [-0.4, -0.2) is 49.1 Å². The van der Waals surface area contributed by atoms with Crippen molar-refractivity contribution in [3.05, 3.63) is 35.9 Å². The number of benzene rings is 1. The van der Waals surface area contributed by atoms with Crippen molar-refractivity contribution in [2.75, 3.05) is 13.7 Å². The number of hydrogen-bond donors (Lipinski definition) is 1. The van der Waals surface area contributed by atoms with Crippen molar-refractivity contribution < 1.29 is 19.4 Å². The Morgan fingerprint density at radius 1 is 1.44 bits per heavy atom. The van der Waals surface area contributed by atoms with Gasteiger partial charge in [-0.3, -0.25) is 4.79 Å². The number of esters is 1. The molecule has 0 unspecified atom stereocenters. The fourth-order valence-corrected chi connectivity index (χ4v) is 2.13. The number of rotatable bonds is 3. The average molecular weight is 250 g/mol. The first kappa shape index (κ1) is 11.2. The summed E-state index contributed by atoms with van der Waals surface area (Å²) < 4.78 is 11.6. The van der Waals surface area contributed by atoms with Crippen molar-refractivity contribution >= 4 is 11.9 Å². The van der Waals surface area contributed by atoms with Crippen LogP contribution < -0.4 is 0 Å². The second-order valence-corrected chi connectivity index (χ2v) is 4.22. The van der Waals surface area contributed by atoms with Gasteiger partial charge in [-0.1, -0.05) is 18.2 Å². The van der Waals surface area contributed by atoms with Crippen molar-refractivity contribution in [1.82, 2.24) is 4.90 Å². The van der Waals surface area contributed by atoms with Gasteiger partial charge in [0.15, 0.2) is 0 Å². The molecule has 2 rings (SSSR count). The molecule has 0 bridgehead atoms. The molecule has 1 heterocycles. The summed E-state index contributed by atoms with van der Waals surface area (Å²) in [6.45, 7) is 0.219. The predicted molar refractivity (Wildman–Crippen MR) is 63.9 cm³/mol.